The molecule has 1 aromatic carbocycles. The molecule has 0 fully saturated rings. The third-order valence-corrected chi connectivity index (χ3v) is 4.59. The molecule has 126 valence electrons. The van der Waals surface area contributed by atoms with Crippen LogP contribution in [0.2, 0.25) is 0 Å². The van der Waals surface area contributed by atoms with Crippen molar-refractivity contribution in [1.29, 1.82) is 0 Å². The van der Waals surface area contributed by atoms with E-state index in [0.29, 0.717) is 35.0 Å². The first-order valence-corrected chi connectivity index (χ1v) is 8.71. The lowest BCUT2D eigenvalue weighted by Gasteiger charge is -2.12. The Hall–Kier alpha value is -2.12. The fourth-order valence-corrected chi connectivity index (χ4v) is 3.35. The number of hydrogen-bond acceptors (Lipinski definition) is 6. The van der Waals surface area contributed by atoms with Crippen LogP contribution in [0.3, 0.4) is 0 Å². The third-order valence-electron chi connectivity index (χ3n) is 3.58. The molecular weight excluding hydrogens is 326 g/mol. The number of para-hydroxylation sites is 1. The van der Waals surface area contributed by atoms with Crippen molar-refractivity contribution in [2.45, 2.75) is 30.8 Å². The molecule has 6 nitrogen and oxygen atoms in total. The maximum Gasteiger partial charge on any atom is 0.262 e. The van der Waals surface area contributed by atoms with E-state index >= 15 is 0 Å². The number of aryl methyl sites for hydroxylation is 1. The number of aromatic nitrogens is 3. The fourth-order valence-electron chi connectivity index (χ4n) is 2.45. The average Bonchev–Trinajstić information content (AvgIpc) is 3.01. The minimum Gasteiger partial charge on any atom is -0.385 e. The Balaban J connectivity index is 1.93. The molecule has 0 aliphatic heterocycles. The third kappa shape index (κ3) is 3.68. The first kappa shape index (κ1) is 16.7. The Kier molecular flexibility index (Phi) is 5.32. The number of ether oxygens (including phenoxy) is 1. The van der Waals surface area contributed by atoms with Gasteiger partial charge in [0.1, 0.15) is 5.76 Å². The predicted molar refractivity (Wildman–Crippen MR) is 93.3 cm³/mol. The summed E-state index contributed by atoms with van der Waals surface area (Å²) in [4.78, 5) is 17.5. The summed E-state index contributed by atoms with van der Waals surface area (Å²) >= 11 is 1.49. The quantitative estimate of drug-likeness (QED) is 0.372. The van der Waals surface area contributed by atoms with E-state index in [0.717, 1.165) is 17.9 Å². The normalized spacial score (nSPS) is 11.2. The van der Waals surface area contributed by atoms with Gasteiger partial charge in [0.25, 0.3) is 5.56 Å². The predicted octanol–water partition coefficient (Wildman–Crippen LogP) is 3.02. The van der Waals surface area contributed by atoms with Crippen molar-refractivity contribution in [2.24, 2.45) is 0 Å². The van der Waals surface area contributed by atoms with Crippen LogP contribution in [-0.4, -0.2) is 28.4 Å². The van der Waals surface area contributed by atoms with Gasteiger partial charge in [-0.1, -0.05) is 29.1 Å². The van der Waals surface area contributed by atoms with Gasteiger partial charge in [-0.3, -0.25) is 9.36 Å². The summed E-state index contributed by atoms with van der Waals surface area (Å²) in [6.45, 7) is 3.03. The molecule has 0 saturated carbocycles. The summed E-state index contributed by atoms with van der Waals surface area (Å²) in [5, 5.41) is 5.32. The highest BCUT2D eigenvalue weighted by molar-refractivity contribution is 7.98. The number of thioether (sulfide) groups is 1. The van der Waals surface area contributed by atoms with Crippen LogP contribution >= 0.6 is 11.8 Å². The van der Waals surface area contributed by atoms with Gasteiger partial charge in [-0.05, 0) is 25.5 Å². The van der Waals surface area contributed by atoms with Gasteiger partial charge >= 0.3 is 0 Å². The number of methoxy groups -OCH3 is 1. The second-order valence-corrected chi connectivity index (χ2v) is 6.37. The summed E-state index contributed by atoms with van der Waals surface area (Å²) in [5.41, 5.74) is 1.53. The molecule has 3 rings (SSSR count). The average molecular weight is 345 g/mol. The number of hydrogen-bond donors (Lipinski definition) is 0. The van der Waals surface area contributed by atoms with Crippen LogP contribution in [0.1, 0.15) is 17.9 Å². The molecule has 0 unspecified atom stereocenters. The Labute approximate surface area is 143 Å². The van der Waals surface area contributed by atoms with Gasteiger partial charge < -0.3 is 9.26 Å². The van der Waals surface area contributed by atoms with Gasteiger partial charge in [-0.2, -0.15) is 0 Å². The van der Waals surface area contributed by atoms with Crippen LogP contribution in [0.4, 0.5) is 0 Å². The number of benzene rings is 1. The Morgan fingerprint density at radius 3 is 2.92 bits per heavy atom. The summed E-state index contributed by atoms with van der Waals surface area (Å²) in [5.74, 6) is 1.38. The Morgan fingerprint density at radius 2 is 2.17 bits per heavy atom. The summed E-state index contributed by atoms with van der Waals surface area (Å²) < 4.78 is 11.9. The second kappa shape index (κ2) is 7.63. The summed E-state index contributed by atoms with van der Waals surface area (Å²) in [6.07, 6.45) is 0.757. The lowest BCUT2D eigenvalue weighted by Crippen LogP contribution is -2.24. The molecule has 0 amide bonds. The second-order valence-electron chi connectivity index (χ2n) is 5.43. The maximum atomic E-state index is 12.8. The van der Waals surface area contributed by atoms with Crippen molar-refractivity contribution in [3.8, 4) is 0 Å². The number of fused-ring (bicyclic) bond motifs is 1. The molecular formula is C17H19N3O3S. The highest BCUT2D eigenvalue weighted by Crippen LogP contribution is 2.22. The largest absolute Gasteiger partial charge is 0.385 e. The van der Waals surface area contributed by atoms with Crippen molar-refractivity contribution >= 4 is 22.7 Å². The molecule has 0 bridgehead atoms. The molecule has 24 heavy (non-hydrogen) atoms. The van der Waals surface area contributed by atoms with E-state index < -0.39 is 0 Å². The van der Waals surface area contributed by atoms with E-state index in [4.69, 9.17) is 9.26 Å². The van der Waals surface area contributed by atoms with Crippen molar-refractivity contribution in [3.05, 3.63) is 52.1 Å². The first-order valence-electron chi connectivity index (χ1n) is 7.72. The van der Waals surface area contributed by atoms with Gasteiger partial charge in [0, 0.05) is 32.1 Å². The molecule has 0 saturated heterocycles. The molecule has 2 aromatic heterocycles. The Morgan fingerprint density at radius 1 is 1.33 bits per heavy atom. The van der Waals surface area contributed by atoms with Crippen LogP contribution in [-0.2, 0) is 17.0 Å². The van der Waals surface area contributed by atoms with Crippen LogP contribution in [0.5, 0.6) is 0 Å². The van der Waals surface area contributed by atoms with Crippen LogP contribution in [0.25, 0.3) is 10.9 Å². The Bertz CT molecular complexity index is 888. The molecule has 3 aromatic rings. The smallest absolute Gasteiger partial charge is 0.262 e. The van der Waals surface area contributed by atoms with Gasteiger partial charge in [0.05, 0.1) is 16.6 Å². The SMILES string of the molecule is COCCCn1c(SCc2cc(C)on2)nc2ccccc2c1=O. The van der Waals surface area contributed by atoms with Gasteiger partial charge in [0.15, 0.2) is 5.16 Å². The van der Waals surface area contributed by atoms with Gasteiger partial charge in [-0.25, -0.2) is 4.98 Å². The number of nitrogens with zero attached hydrogens (tertiary/aromatic N) is 3. The van der Waals surface area contributed by atoms with Crippen molar-refractivity contribution in [2.75, 3.05) is 13.7 Å². The van der Waals surface area contributed by atoms with Crippen LogP contribution in [0, 0.1) is 6.92 Å². The molecule has 0 N–H and O–H groups in total. The van der Waals surface area contributed by atoms with E-state index in [1.165, 1.54) is 11.8 Å². The van der Waals surface area contributed by atoms with E-state index in [-0.39, 0.29) is 5.56 Å². The molecule has 0 radical (unpaired) electrons. The van der Waals surface area contributed by atoms with E-state index in [2.05, 4.69) is 10.1 Å². The minimum absolute atomic E-state index is 0.0180. The van der Waals surface area contributed by atoms with E-state index in [9.17, 15) is 4.79 Å². The number of rotatable bonds is 7. The molecule has 0 atom stereocenters. The lowest BCUT2D eigenvalue weighted by molar-refractivity contribution is 0.189. The van der Waals surface area contributed by atoms with Gasteiger partial charge in [-0.15, -0.1) is 0 Å². The summed E-state index contributed by atoms with van der Waals surface area (Å²) in [6, 6.07) is 9.31. The standard InChI is InChI=1S/C17H19N3O3S/c1-12-10-13(19-23-12)11-24-17-18-15-7-4-3-6-14(15)16(21)20(17)8-5-9-22-2/h3-4,6-7,10H,5,8-9,11H2,1-2H3. The van der Waals surface area contributed by atoms with E-state index in [1.54, 1.807) is 11.7 Å². The van der Waals surface area contributed by atoms with Crippen LogP contribution < -0.4 is 5.56 Å². The minimum atomic E-state index is -0.0180. The molecule has 0 aliphatic rings. The van der Waals surface area contributed by atoms with Crippen LogP contribution in [0.15, 0.2) is 44.8 Å². The highest BCUT2D eigenvalue weighted by atomic mass is 32.2. The molecule has 0 spiro atoms. The highest BCUT2D eigenvalue weighted by Gasteiger charge is 2.12. The van der Waals surface area contributed by atoms with Crippen molar-refractivity contribution in [3.63, 3.8) is 0 Å². The lowest BCUT2D eigenvalue weighted by atomic mass is 10.2. The van der Waals surface area contributed by atoms with Gasteiger partial charge in [0.2, 0.25) is 0 Å². The fraction of sp³-hybridized carbons (Fsp3) is 0.353. The van der Waals surface area contributed by atoms with E-state index in [1.807, 2.05) is 37.3 Å². The molecule has 2 heterocycles. The zero-order valence-electron chi connectivity index (χ0n) is 13.7. The zero-order valence-corrected chi connectivity index (χ0v) is 14.5. The van der Waals surface area contributed by atoms with Crippen molar-refractivity contribution < 1.29 is 9.26 Å². The summed E-state index contributed by atoms with van der Waals surface area (Å²) in [7, 11) is 1.66. The topological polar surface area (TPSA) is 70.2 Å². The molecule has 7 heteroatoms. The zero-order chi connectivity index (χ0) is 16.9. The maximum absolute atomic E-state index is 12.8. The first-order chi connectivity index (χ1) is 11.7. The monoisotopic (exact) mass is 345 g/mol. The van der Waals surface area contributed by atoms with Crippen molar-refractivity contribution in [1.82, 2.24) is 14.7 Å². The molecule has 0 aliphatic carbocycles.